The molecule has 0 spiro atoms. The van der Waals surface area contributed by atoms with Crippen LogP contribution in [0.3, 0.4) is 0 Å². The smallest absolute Gasteiger partial charge is 0.0334 e. The highest BCUT2D eigenvalue weighted by molar-refractivity contribution is 4.38. The van der Waals surface area contributed by atoms with Crippen molar-refractivity contribution in [3.63, 3.8) is 0 Å². The van der Waals surface area contributed by atoms with Gasteiger partial charge in [-0.15, -0.1) is 5.12 Å². The second kappa shape index (κ2) is 2.41. The van der Waals surface area contributed by atoms with Crippen LogP contribution in [0.15, 0.2) is 0 Å². The van der Waals surface area contributed by atoms with Gasteiger partial charge in [-0.3, -0.25) is 0 Å². The number of hydrazine groups is 2. The van der Waals surface area contributed by atoms with Gasteiger partial charge >= 0.3 is 0 Å². The quantitative estimate of drug-likeness (QED) is 0.547. The Kier molecular flexibility index (Phi) is 1.80. The van der Waals surface area contributed by atoms with Crippen molar-refractivity contribution in [2.24, 2.45) is 0 Å². The molecule has 0 radical (unpaired) electrons. The summed E-state index contributed by atoms with van der Waals surface area (Å²) in [5, 5.41) is 3.55. The highest BCUT2D eigenvalue weighted by Gasteiger charge is 2.20. The van der Waals surface area contributed by atoms with Crippen molar-refractivity contribution in [2.45, 2.75) is 13.3 Å². The van der Waals surface area contributed by atoms with Crippen LogP contribution in [0.25, 0.3) is 0 Å². The van der Waals surface area contributed by atoms with Gasteiger partial charge in [-0.2, -0.15) is 4.94 Å². The zero-order valence-corrected chi connectivity index (χ0v) is 5.22. The summed E-state index contributed by atoms with van der Waals surface area (Å²) in [6.07, 6.45) is 1.13. The predicted octanol–water partition coefficient (Wildman–Crippen LogP) is -0.0900. The van der Waals surface area contributed by atoms with Crippen LogP contribution in [-0.2, 0) is 4.94 Å². The van der Waals surface area contributed by atoms with Gasteiger partial charge in [0.05, 0.1) is 0 Å². The maximum atomic E-state index is 4.70. The van der Waals surface area contributed by atoms with Crippen molar-refractivity contribution >= 4 is 0 Å². The van der Waals surface area contributed by atoms with Crippen LogP contribution in [0.4, 0.5) is 0 Å². The monoisotopic (exact) mass is 117 g/mol. The Morgan fingerprint density at radius 2 is 2.38 bits per heavy atom. The van der Waals surface area contributed by atoms with Crippen molar-refractivity contribution in [2.75, 3.05) is 13.6 Å². The molecule has 4 nitrogen and oxygen atoms in total. The summed E-state index contributed by atoms with van der Waals surface area (Å²) in [4.78, 5) is 4.70. The van der Waals surface area contributed by atoms with Crippen LogP contribution in [0.1, 0.15) is 13.3 Å². The van der Waals surface area contributed by atoms with Gasteiger partial charge in [0.2, 0.25) is 0 Å². The van der Waals surface area contributed by atoms with E-state index in [4.69, 9.17) is 4.94 Å². The topological polar surface area (TPSA) is 27.7 Å². The Hall–Kier alpha value is -0.160. The van der Waals surface area contributed by atoms with Gasteiger partial charge in [-0.25, -0.2) is 0 Å². The molecule has 48 valence electrons. The van der Waals surface area contributed by atoms with Crippen molar-refractivity contribution in [1.82, 2.24) is 15.9 Å². The highest BCUT2D eigenvalue weighted by atomic mass is 17.0. The van der Waals surface area contributed by atoms with E-state index in [1.54, 1.807) is 5.17 Å². The molecule has 1 heterocycles. The molecule has 0 amide bonds. The van der Waals surface area contributed by atoms with Crippen molar-refractivity contribution in [3.05, 3.63) is 0 Å². The second-order valence-corrected chi connectivity index (χ2v) is 1.77. The Morgan fingerprint density at radius 3 is 2.50 bits per heavy atom. The largest absolute Gasteiger partial charge is 0.178 e. The van der Waals surface area contributed by atoms with Gasteiger partial charge in [0, 0.05) is 13.6 Å². The molecule has 1 saturated heterocycles. The predicted molar refractivity (Wildman–Crippen MR) is 29.0 cm³/mol. The van der Waals surface area contributed by atoms with E-state index in [9.17, 15) is 0 Å². The molecule has 1 aliphatic rings. The van der Waals surface area contributed by atoms with E-state index >= 15 is 0 Å². The third-order valence-corrected chi connectivity index (χ3v) is 1.05. The summed E-state index contributed by atoms with van der Waals surface area (Å²) in [6, 6.07) is 0. The van der Waals surface area contributed by atoms with E-state index in [0.717, 1.165) is 13.0 Å². The summed E-state index contributed by atoms with van der Waals surface area (Å²) in [7, 11) is 1.85. The number of rotatable bonds is 2. The standard InChI is InChI=1S/C4H11N3O/c1-3-4-7-5-8-6(7)2/h5H,3-4H2,1-2H3. The minimum absolute atomic E-state index is 0.997. The highest BCUT2D eigenvalue weighted by Crippen LogP contribution is 2.00. The average molecular weight is 117 g/mol. The van der Waals surface area contributed by atoms with E-state index in [1.165, 1.54) is 0 Å². The zero-order valence-electron chi connectivity index (χ0n) is 5.22. The summed E-state index contributed by atoms with van der Waals surface area (Å²) in [5.74, 6) is 0. The van der Waals surface area contributed by atoms with Crippen molar-refractivity contribution in [1.29, 1.82) is 0 Å². The lowest BCUT2D eigenvalue weighted by atomic mass is 10.5. The second-order valence-electron chi connectivity index (χ2n) is 1.77. The Morgan fingerprint density at radius 1 is 1.62 bits per heavy atom. The molecule has 0 aromatic rings. The SMILES string of the molecule is CCCN1NON1C. The van der Waals surface area contributed by atoms with E-state index in [0.29, 0.717) is 0 Å². The van der Waals surface area contributed by atoms with E-state index in [1.807, 2.05) is 12.2 Å². The molecule has 0 unspecified atom stereocenters. The van der Waals surface area contributed by atoms with Gasteiger partial charge in [0.15, 0.2) is 0 Å². The molecule has 8 heavy (non-hydrogen) atoms. The van der Waals surface area contributed by atoms with Crippen LogP contribution >= 0.6 is 0 Å². The van der Waals surface area contributed by atoms with Gasteiger partial charge < -0.3 is 0 Å². The third-order valence-electron chi connectivity index (χ3n) is 1.05. The molecule has 0 bridgehead atoms. The van der Waals surface area contributed by atoms with Gasteiger partial charge in [-0.1, -0.05) is 17.7 Å². The molecule has 4 heteroatoms. The average Bonchev–Trinajstić information content (AvgIpc) is 1.79. The van der Waals surface area contributed by atoms with Crippen molar-refractivity contribution < 1.29 is 4.94 Å². The lowest BCUT2D eigenvalue weighted by Crippen LogP contribution is -2.62. The Labute approximate surface area is 48.9 Å². The third kappa shape index (κ3) is 0.976. The first kappa shape index (κ1) is 5.97. The number of hydrogen-bond donors (Lipinski definition) is 1. The number of hydroxylamine groups is 1. The molecule has 1 N–H and O–H groups in total. The molecule has 0 aliphatic carbocycles. The van der Waals surface area contributed by atoms with Crippen LogP contribution in [0.2, 0.25) is 0 Å². The fourth-order valence-corrected chi connectivity index (χ4v) is 0.578. The van der Waals surface area contributed by atoms with Gasteiger partial charge in [0.1, 0.15) is 0 Å². The molecular formula is C4H11N3O. The number of nitrogens with one attached hydrogen (secondary N) is 1. The minimum atomic E-state index is 0.997. The molecule has 0 aromatic heterocycles. The van der Waals surface area contributed by atoms with Crippen molar-refractivity contribution in [3.8, 4) is 0 Å². The first-order valence-electron chi connectivity index (χ1n) is 2.78. The lowest BCUT2D eigenvalue weighted by Gasteiger charge is -2.38. The van der Waals surface area contributed by atoms with Gasteiger partial charge in [0.25, 0.3) is 0 Å². The molecule has 1 aliphatic heterocycles. The Bertz CT molecular complexity index is 77.7. The van der Waals surface area contributed by atoms with E-state index in [-0.39, 0.29) is 0 Å². The lowest BCUT2D eigenvalue weighted by molar-refractivity contribution is -0.482. The van der Waals surface area contributed by atoms with Crippen LogP contribution < -0.4 is 5.59 Å². The Balaban J connectivity index is 2.08. The first-order valence-corrected chi connectivity index (χ1v) is 2.78. The molecule has 0 aromatic carbocycles. The van der Waals surface area contributed by atoms with Crippen LogP contribution in [0.5, 0.6) is 0 Å². The molecular weight excluding hydrogens is 106 g/mol. The molecule has 0 saturated carbocycles. The normalized spacial score (nSPS) is 23.2. The minimum Gasteiger partial charge on any atom is -0.178 e. The summed E-state index contributed by atoms with van der Waals surface area (Å²) < 4.78 is 0. The number of nitrogens with zero attached hydrogens (tertiary/aromatic N) is 2. The fraction of sp³-hybridized carbons (Fsp3) is 1.00. The maximum Gasteiger partial charge on any atom is 0.0334 e. The molecule has 1 fully saturated rings. The summed E-state index contributed by atoms with van der Waals surface area (Å²) in [6.45, 7) is 3.12. The molecule has 0 atom stereocenters. The zero-order chi connectivity index (χ0) is 5.98. The number of hydrogen-bond acceptors (Lipinski definition) is 4. The molecule has 1 rings (SSSR count). The van der Waals surface area contributed by atoms with Gasteiger partial charge in [-0.05, 0) is 6.42 Å². The van der Waals surface area contributed by atoms with Crippen LogP contribution in [0, 0.1) is 0 Å². The summed E-state index contributed by atoms with van der Waals surface area (Å²) in [5.41, 5.74) is 2.66. The van der Waals surface area contributed by atoms with E-state index < -0.39 is 0 Å². The first-order chi connectivity index (χ1) is 3.84. The van der Waals surface area contributed by atoms with Crippen LogP contribution in [-0.4, -0.2) is 23.9 Å². The fourth-order valence-electron chi connectivity index (χ4n) is 0.578. The summed E-state index contributed by atoms with van der Waals surface area (Å²) >= 11 is 0. The van der Waals surface area contributed by atoms with E-state index in [2.05, 4.69) is 12.5 Å². The maximum absolute atomic E-state index is 4.70.